The van der Waals surface area contributed by atoms with Crippen molar-refractivity contribution in [1.29, 1.82) is 0 Å². The quantitative estimate of drug-likeness (QED) is 0.0368. The first-order chi connectivity index (χ1) is 24.4. The highest BCUT2D eigenvalue weighted by molar-refractivity contribution is 8.00. The van der Waals surface area contributed by atoms with Crippen molar-refractivity contribution in [2.45, 2.75) is 29.2 Å². The number of ether oxygens (including phenoxy) is 1. The summed E-state index contributed by atoms with van der Waals surface area (Å²) >= 11 is 3.66. The summed E-state index contributed by atoms with van der Waals surface area (Å²) in [6.45, 7) is 0.169. The summed E-state index contributed by atoms with van der Waals surface area (Å²) in [4.78, 5) is 64.0. The summed E-state index contributed by atoms with van der Waals surface area (Å²) < 4.78 is 6.33. The number of thiazole rings is 1. The SMILES string of the molecule is C#CCn1nnc(SCC2(C(=O)OC(c3ccccc3)c3ccccc3)CS[C@@H]3C(NC(=O)C(=NOC)c4csc(NC=O)n4)C(=O)N3C2)n1. The Morgan fingerprint density at radius 2 is 1.92 bits per heavy atom. The van der Waals surface area contributed by atoms with Crippen LogP contribution in [0.1, 0.15) is 22.9 Å². The van der Waals surface area contributed by atoms with Crippen molar-refractivity contribution in [1.82, 2.24) is 35.4 Å². The van der Waals surface area contributed by atoms with E-state index in [0.29, 0.717) is 11.6 Å². The zero-order valence-electron chi connectivity index (χ0n) is 26.4. The Labute approximate surface area is 298 Å². The minimum absolute atomic E-state index is 0.0301. The molecule has 0 bridgehead atoms. The van der Waals surface area contributed by atoms with Crippen LogP contribution in [0.5, 0.6) is 0 Å². The third-order valence-electron chi connectivity index (χ3n) is 7.77. The number of anilines is 1. The van der Waals surface area contributed by atoms with E-state index < -0.39 is 34.8 Å². The molecule has 3 atom stereocenters. The molecule has 2 aliphatic rings. The number of oxime groups is 1. The number of aromatic nitrogens is 5. The summed E-state index contributed by atoms with van der Waals surface area (Å²) in [5.41, 5.74) is 0.404. The van der Waals surface area contributed by atoms with Gasteiger partial charge in [-0.25, -0.2) is 4.98 Å². The van der Waals surface area contributed by atoms with Crippen molar-refractivity contribution < 1.29 is 28.8 Å². The molecule has 4 aromatic rings. The van der Waals surface area contributed by atoms with Crippen molar-refractivity contribution in [2.24, 2.45) is 10.6 Å². The van der Waals surface area contributed by atoms with E-state index in [4.69, 9.17) is 16.0 Å². The Morgan fingerprint density at radius 1 is 1.20 bits per heavy atom. The minimum atomic E-state index is -1.18. The highest BCUT2D eigenvalue weighted by Gasteiger charge is 2.58. The zero-order chi connectivity index (χ0) is 35.1. The fraction of sp³-hybridized carbons (Fsp3) is 0.281. The first-order valence-corrected chi connectivity index (χ1v) is 17.9. The number of esters is 1. The zero-order valence-corrected chi connectivity index (χ0v) is 28.8. The molecular weight excluding hydrogens is 703 g/mol. The average Bonchev–Trinajstić information content (AvgIpc) is 3.81. The molecule has 0 radical (unpaired) electrons. The molecule has 256 valence electrons. The topological polar surface area (TPSA) is 183 Å². The molecule has 0 saturated carbocycles. The van der Waals surface area contributed by atoms with E-state index >= 15 is 0 Å². The third kappa shape index (κ3) is 7.34. The van der Waals surface area contributed by atoms with Crippen molar-refractivity contribution in [3.63, 3.8) is 0 Å². The second-order valence-electron chi connectivity index (χ2n) is 11.0. The number of amides is 3. The van der Waals surface area contributed by atoms with Crippen molar-refractivity contribution in [3.8, 4) is 12.3 Å². The lowest BCUT2D eigenvalue weighted by Gasteiger charge is -2.54. The van der Waals surface area contributed by atoms with E-state index in [0.717, 1.165) is 22.5 Å². The van der Waals surface area contributed by atoms with Gasteiger partial charge in [0.2, 0.25) is 17.5 Å². The van der Waals surface area contributed by atoms with Gasteiger partial charge in [-0.2, -0.15) is 4.80 Å². The molecule has 15 nitrogen and oxygen atoms in total. The lowest BCUT2D eigenvalue weighted by Crippen LogP contribution is -2.74. The van der Waals surface area contributed by atoms with Gasteiger partial charge in [-0.15, -0.1) is 39.7 Å². The van der Waals surface area contributed by atoms with Crippen LogP contribution in [0.3, 0.4) is 0 Å². The van der Waals surface area contributed by atoms with Gasteiger partial charge in [-0.05, 0) is 16.3 Å². The molecule has 2 saturated heterocycles. The Hall–Kier alpha value is -5.25. The predicted octanol–water partition coefficient (Wildman–Crippen LogP) is 2.19. The molecule has 4 heterocycles. The van der Waals surface area contributed by atoms with Crippen LogP contribution in [0.4, 0.5) is 5.13 Å². The number of nitrogens with one attached hydrogen (secondary N) is 2. The van der Waals surface area contributed by atoms with Crippen LogP contribution in [-0.2, 0) is 35.3 Å². The highest BCUT2D eigenvalue weighted by atomic mass is 32.2. The number of hydrogen-bond acceptors (Lipinski definition) is 14. The molecule has 2 fully saturated rings. The van der Waals surface area contributed by atoms with Gasteiger partial charge in [-0.1, -0.05) is 83.5 Å². The number of nitrogens with zero attached hydrogens (tertiary/aromatic N) is 7. The van der Waals surface area contributed by atoms with E-state index in [2.05, 4.69) is 42.1 Å². The molecule has 2 N–H and O–H groups in total. The van der Waals surface area contributed by atoms with Gasteiger partial charge in [-0.3, -0.25) is 19.2 Å². The molecule has 0 spiro atoms. The molecular formula is C32H29N9O6S3. The van der Waals surface area contributed by atoms with E-state index in [9.17, 15) is 19.2 Å². The largest absolute Gasteiger partial charge is 0.452 e. The smallest absolute Gasteiger partial charge is 0.316 e. The molecule has 6 rings (SSSR count). The Balaban J connectivity index is 1.22. The highest BCUT2D eigenvalue weighted by Crippen LogP contribution is 2.45. The molecule has 2 unspecified atom stereocenters. The first kappa shape index (κ1) is 34.6. The van der Waals surface area contributed by atoms with Gasteiger partial charge in [0.25, 0.3) is 5.91 Å². The second kappa shape index (κ2) is 15.5. The standard InChI is InChI=1S/C32H29N9O6S3/c1-3-14-41-37-31(36-39-41)50-18-32(29(45)47-25(20-10-6-4-7-11-20)21-12-8-5-9-13-21)16-40-27(44)24(28(40)49-17-32)35-26(43)23(38-46-2)22-15-48-30(34-22)33-19-42/h1,4-13,15,19,24-25,28H,14,16-18H2,2H3,(H,35,43)(H,33,34,42)/t24?,28-,32?/m1/s1. The lowest BCUT2D eigenvalue weighted by atomic mass is 9.88. The molecule has 2 aliphatic heterocycles. The number of tetrazole rings is 1. The van der Waals surface area contributed by atoms with E-state index in [-0.39, 0.29) is 47.0 Å². The maximum Gasteiger partial charge on any atom is 0.316 e. The molecule has 2 aromatic carbocycles. The summed E-state index contributed by atoms with van der Waals surface area (Å²) in [5, 5.41) is 22.9. The molecule has 0 aliphatic carbocycles. The monoisotopic (exact) mass is 731 g/mol. The van der Waals surface area contributed by atoms with Crippen molar-refractivity contribution >= 4 is 69.9 Å². The van der Waals surface area contributed by atoms with Crippen LogP contribution in [-0.4, -0.2) is 96.6 Å². The van der Waals surface area contributed by atoms with E-state index in [1.165, 1.54) is 40.8 Å². The second-order valence-corrected chi connectivity index (χ2v) is 13.9. The van der Waals surface area contributed by atoms with Gasteiger partial charge in [0.05, 0.1) is 0 Å². The molecule has 18 heteroatoms. The maximum absolute atomic E-state index is 14.4. The predicted molar refractivity (Wildman–Crippen MR) is 186 cm³/mol. The third-order valence-corrected chi connectivity index (χ3v) is 11.2. The first-order valence-electron chi connectivity index (χ1n) is 15.0. The van der Waals surface area contributed by atoms with E-state index in [1.54, 1.807) is 4.90 Å². The average molecular weight is 732 g/mol. The molecule has 3 amide bonds. The summed E-state index contributed by atoms with van der Waals surface area (Å²) in [6, 6.07) is 18.0. The Kier molecular flexibility index (Phi) is 10.7. The number of benzene rings is 2. The molecule has 50 heavy (non-hydrogen) atoms. The fourth-order valence-electron chi connectivity index (χ4n) is 5.36. The van der Waals surface area contributed by atoms with Gasteiger partial charge < -0.3 is 25.1 Å². The van der Waals surface area contributed by atoms with Gasteiger partial charge in [0.15, 0.2) is 16.9 Å². The number of carbonyl (C=O) groups excluding carboxylic acids is 4. The minimum Gasteiger partial charge on any atom is -0.452 e. The molecule has 2 aromatic heterocycles. The Morgan fingerprint density at radius 3 is 2.58 bits per heavy atom. The summed E-state index contributed by atoms with van der Waals surface area (Å²) in [6.07, 6.45) is 5.15. The summed E-state index contributed by atoms with van der Waals surface area (Å²) in [5.74, 6) is 1.34. The number of β-lactam (4-membered cyclic amide) rings is 1. The number of terminal acetylenes is 1. The van der Waals surface area contributed by atoms with Crippen LogP contribution < -0.4 is 10.6 Å². The lowest BCUT2D eigenvalue weighted by molar-refractivity contribution is -0.164. The van der Waals surface area contributed by atoms with Gasteiger partial charge >= 0.3 is 5.97 Å². The number of thioether (sulfide) groups is 2. The number of rotatable bonds is 14. The number of fused-ring (bicyclic) bond motifs is 1. The summed E-state index contributed by atoms with van der Waals surface area (Å²) in [7, 11) is 1.28. The van der Waals surface area contributed by atoms with Crippen molar-refractivity contribution in [3.05, 3.63) is 82.9 Å². The Bertz CT molecular complexity index is 1890. The van der Waals surface area contributed by atoms with Gasteiger partial charge in [0.1, 0.15) is 36.2 Å². The van der Waals surface area contributed by atoms with Crippen LogP contribution in [0, 0.1) is 17.8 Å². The fourth-order valence-corrected chi connectivity index (χ4v) is 8.64. The van der Waals surface area contributed by atoms with Crippen LogP contribution in [0.15, 0.2) is 76.4 Å². The van der Waals surface area contributed by atoms with Crippen LogP contribution in [0.25, 0.3) is 0 Å². The van der Waals surface area contributed by atoms with Gasteiger partial charge in [0, 0.05) is 23.4 Å². The number of hydrogen-bond donors (Lipinski definition) is 2. The number of carbonyl (C=O) groups is 4. The van der Waals surface area contributed by atoms with Crippen LogP contribution in [0.2, 0.25) is 0 Å². The normalized spacial score (nSPS) is 19.9. The maximum atomic E-state index is 14.4. The van der Waals surface area contributed by atoms with E-state index in [1.807, 2.05) is 60.7 Å². The van der Waals surface area contributed by atoms with Crippen LogP contribution >= 0.6 is 34.9 Å². The van der Waals surface area contributed by atoms with Crippen molar-refractivity contribution in [2.75, 3.05) is 30.5 Å².